The van der Waals surface area contributed by atoms with Crippen molar-refractivity contribution in [2.45, 2.75) is 123 Å². The molecule has 1 unspecified atom stereocenters. The van der Waals surface area contributed by atoms with E-state index in [9.17, 15) is 14.7 Å². The van der Waals surface area contributed by atoms with E-state index >= 15 is 0 Å². The number of carbonyl (C=O) groups excluding carboxylic acids is 2. The first-order valence-electron chi connectivity index (χ1n) is 15.5. The zero-order valence-corrected chi connectivity index (χ0v) is 25.3. The van der Waals surface area contributed by atoms with Gasteiger partial charge in [0.2, 0.25) is 0 Å². The minimum absolute atomic E-state index is 0.117. The summed E-state index contributed by atoms with van der Waals surface area (Å²) in [6.07, 6.45) is 39.6. The third-order valence-corrected chi connectivity index (χ3v) is 6.09. The highest BCUT2D eigenvalue weighted by molar-refractivity contribution is 5.70. The van der Waals surface area contributed by atoms with E-state index in [4.69, 9.17) is 9.47 Å². The van der Waals surface area contributed by atoms with E-state index in [-0.39, 0.29) is 31.6 Å². The molecule has 0 heterocycles. The second kappa shape index (κ2) is 30.9. The molecule has 0 bridgehead atoms. The SMILES string of the molecule is CC/C=C/C=C/C=C/C=C/CCCCCC(=O)OC(CO)COC(=O)CC/C=C/C/C=C/CCCCCCCC. The summed E-state index contributed by atoms with van der Waals surface area (Å²) in [6.45, 7) is 3.86. The topological polar surface area (TPSA) is 72.8 Å². The fraction of sp³-hybridized carbons (Fsp3) is 0.600. The van der Waals surface area contributed by atoms with Crippen molar-refractivity contribution in [3.05, 3.63) is 72.9 Å². The van der Waals surface area contributed by atoms with Gasteiger partial charge in [-0.05, 0) is 51.4 Å². The Balaban J connectivity index is 3.80. The van der Waals surface area contributed by atoms with Crippen LogP contribution < -0.4 is 0 Å². The molecule has 0 aromatic rings. The fourth-order valence-corrected chi connectivity index (χ4v) is 3.73. The molecule has 0 spiro atoms. The van der Waals surface area contributed by atoms with Crippen LogP contribution in [-0.2, 0) is 19.1 Å². The molecule has 0 saturated heterocycles. The Morgan fingerprint density at radius 3 is 1.93 bits per heavy atom. The number of hydrogen-bond donors (Lipinski definition) is 1. The normalized spacial score (nSPS) is 13.2. The van der Waals surface area contributed by atoms with Gasteiger partial charge in [-0.15, -0.1) is 0 Å². The van der Waals surface area contributed by atoms with E-state index in [2.05, 4.69) is 44.2 Å². The van der Waals surface area contributed by atoms with Crippen molar-refractivity contribution in [3.63, 3.8) is 0 Å². The number of allylic oxidation sites excluding steroid dienone is 12. The number of aliphatic hydroxyl groups excluding tert-OH is 1. The monoisotopic (exact) mass is 556 g/mol. The number of rotatable bonds is 26. The average Bonchev–Trinajstić information content (AvgIpc) is 2.96. The molecular weight excluding hydrogens is 500 g/mol. The van der Waals surface area contributed by atoms with Crippen molar-refractivity contribution >= 4 is 11.9 Å². The van der Waals surface area contributed by atoms with E-state index in [0.717, 1.165) is 44.9 Å². The zero-order chi connectivity index (χ0) is 29.4. The van der Waals surface area contributed by atoms with Crippen LogP contribution in [-0.4, -0.2) is 36.4 Å². The van der Waals surface area contributed by atoms with Crippen molar-refractivity contribution in [2.75, 3.05) is 13.2 Å². The van der Waals surface area contributed by atoms with Gasteiger partial charge in [-0.3, -0.25) is 9.59 Å². The lowest BCUT2D eigenvalue weighted by Gasteiger charge is -2.15. The maximum atomic E-state index is 12.0. The standard InChI is InChI=1S/C35H56O5/c1-3-5-7-9-11-13-15-17-19-21-23-25-27-29-34(37)39-32-33(31-36)40-35(38)30-28-26-24-22-20-18-16-14-12-10-8-6-4-2/h6,8,10,12,14,16-20,23,25,33,36H,3-5,7,9,11,13,15,21-22,24,26-32H2,1-2H3/b8-6+,12-10+,16-14+,19-17+,20-18+,25-23+. The van der Waals surface area contributed by atoms with Crippen LogP contribution in [0.5, 0.6) is 0 Å². The Labute approximate surface area is 244 Å². The minimum atomic E-state index is -0.815. The minimum Gasteiger partial charge on any atom is -0.462 e. The van der Waals surface area contributed by atoms with E-state index in [0.29, 0.717) is 12.8 Å². The van der Waals surface area contributed by atoms with Gasteiger partial charge in [-0.25, -0.2) is 0 Å². The Bertz CT molecular complexity index is 773. The second-order valence-corrected chi connectivity index (χ2v) is 9.88. The molecule has 0 aliphatic rings. The summed E-state index contributed by atoms with van der Waals surface area (Å²) in [5.41, 5.74) is 0. The maximum Gasteiger partial charge on any atom is 0.306 e. The number of aliphatic hydroxyl groups is 1. The summed E-state index contributed by atoms with van der Waals surface area (Å²) in [5, 5.41) is 9.46. The zero-order valence-electron chi connectivity index (χ0n) is 25.3. The molecular formula is C35H56O5. The van der Waals surface area contributed by atoms with Crippen LogP contribution >= 0.6 is 0 Å². The summed E-state index contributed by atoms with van der Waals surface area (Å²) in [5.74, 6) is -0.727. The van der Waals surface area contributed by atoms with Crippen LogP contribution in [0.4, 0.5) is 0 Å². The molecule has 0 aliphatic heterocycles. The van der Waals surface area contributed by atoms with Crippen LogP contribution in [0.3, 0.4) is 0 Å². The third kappa shape index (κ3) is 28.4. The highest BCUT2D eigenvalue weighted by Gasteiger charge is 2.15. The molecule has 226 valence electrons. The van der Waals surface area contributed by atoms with Crippen LogP contribution in [0.2, 0.25) is 0 Å². The largest absolute Gasteiger partial charge is 0.462 e. The van der Waals surface area contributed by atoms with Gasteiger partial charge in [0.25, 0.3) is 0 Å². The van der Waals surface area contributed by atoms with Gasteiger partial charge in [0.15, 0.2) is 6.10 Å². The summed E-state index contributed by atoms with van der Waals surface area (Å²) in [7, 11) is 0. The van der Waals surface area contributed by atoms with Crippen molar-refractivity contribution in [3.8, 4) is 0 Å². The Hall–Kier alpha value is -2.66. The van der Waals surface area contributed by atoms with Crippen LogP contribution in [0.1, 0.15) is 117 Å². The van der Waals surface area contributed by atoms with Gasteiger partial charge in [0.1, 0.15) is 6.61 Å². The third-order valence-electron chi connectivity index (χ3n) is 6.09. The first kappa shape index (κ1) is 37.3. The summed E-state index contributed by atoms with van der Waals surface area (Å²) < 4.78 is 10.4. The van der Waals surface area contributed by atoms with Crippen LogP contribution in [0, 0.1) is 0 Å². The van der Waals surface area contributed by atoms with E-state index in [1.165, 1.54) is 38.5 Å². The van der Waals surface area contributed by atoms with Crippen molar-refractivity contribution in [2.24, 2.45) is 0 Å². The number of hydrogen-bond acceptors (Lipinski definition) is 5. The molecule has 0 amide bonds. The first-order chi connectivity index (χ1) is 19.6. The summed E-state index contributed by atoms with van der Waals surface area (Å²) in [6, 6.07) is 0. The lowest BCUT2D eigenvalue weighted by Crippen LogP contribution is -2.28. The van der Waals surface area contributed by atoms with E-state index in [1.54, 1.807) is 0 Å². The molecule has 5 heteroatoms. The molecule has 0 aromatic heterocycles. The quantitative estimate of drug-likeness (QED) is 0.0498. The Kier molecular flexibility index (Phi) is 28.8. The van der Waals surface area contributed by atoms with Gasteiger partial charge in [-0.2, -0.15) is 0 Å². The van der Waals surface area contributed by atoms with Gasteiger partial charge in [0.05, 0.1) is 6.61 Å². The van der Waals surface area contributed by atoms with Crippen molar-refractivity contribution in [1.29, 1.82) is 0 Å². The number of unbranched alkanes of at least 4 members (excludes halogenated alkanes) is 9. The molecule has 0 saturated carbocycles. The van der Waals surface area contributed by atoms with Crippen molar-refractivity contribution < 1.29 is 24.2 Å². The lowest BCUT2D eigenvalue weighted by atomic mass is 10.1. The maximum absolute atomic E-state index is 12.0. The van der Waals surface area contributed by atoms with Gasteiger partial charge >= 0.3 is 11.9 Å². The number of ether oxygens (including phenoxy) is 2. The predicted molar refractivity (Wildman–Crippen MR) is 168 cm³/mol. The molecule has 0 radical (unpaired) electrons. The molecule has 1 N–H and O–H groups in total. The highest BCUT2D eigenvalue weighted by atomic mass is 16.6. The lowest BCUT2D eigenvalue weighted by molar-refractivity contribution is -0.161. The molecule has 5 nitrogen and oxygen atoms in total. The summed E-state index contributed by atoms with van der Waals surface area (Å²) in [4.78, 5) is 24.0. The van der Waals surface area contributed by atoms with E-state index in [1.807, 2.05) is 42.5 Å². The first-order valence-corrected chi connectivity index (χ1v) is 15.5. The Morgan fingerprint density at radius 1 is 0.625 bits per heavy atom. The van der Waals surface area contributed by atoms with Gasteiger partial charge in [0, 0.05) is 12.8 Å². The molecule has 0 aromatic carbocycles. The van der Waals surface area contributed by atoms with Gasteiger partial charge < -0.3 is 14.6 Å². The molecule has 0 rings (SSSR count). The average molecular weight is 557 g/mol. The van der Waals surface area contributed by atoms with Crippen LogP contribution in [0.15, 0.2) is 72.9 Å². The van der Waals surface area contributed by atoms with Crippen LogP contribution in [0.25, 0.3) is 0 Å². The molecule has 40 heavy (non-hydrogen) atoms. The Morgan fingerprint density at radius 2 is 1.23 bits per heavy atom. The number of carbonyl (C=O) groups is 2. The smallest absolute Gasteiger partial charge is 0.306 e. The highest BCUT2D eigenvalue weighted by Crippen LogP contribution is 2.08. The number of esters is 2. The van der Waals surface area contributed by atoms with E-state index < -0.39 is 6.10 Å². The fourth-order valence-electron chi connectivity index (χ4n) is 3.73. The molecule has 0 aliphatic carbocycles. The van der Waals surface area contributed by atoms with Gasteiger partial charge in [-0.1, -0.05) is 125 Å². The molecule has 0 fully saturated rings. The second-order valence-electron chi connectivity index (χ2n) is 9.88. The summed E-state index contributed by atoms with van der Waals surface area (Å²) >= 11 is 0. The van der Waals surface area contributed by atoms with Crippen molar-refractivity contribution in [1.82, 2.24) is 0 Å². The predicted octanol–water partition coefficient (Wildman–Crippen LogP) is 9.05. The molecule has 1 atom stereocenters.